The molecule has 0 saturated carbocycles. The smallest absolute Gasteiger partial charge is 0.315 e. The van der Waals surface area contributed by atoms with E-state index in [9.17, 15) is 23.3 Å². The summed E-state index contributed by atoms with van der Waals surface area (Å²) >= 11 is 0. The first-order valence-electron chi connectivity index (χ1n) is 9.62. The van der Waals surface area contributed by atoms with Gasteiger partial charge in [-0.15, -0.1) is 0 Å². The predicted molar refractivity (Wildman–Crippen MR) is 112 cm³/mol. The minimum Gasteiger partial charge on any atom is -0.493 e. The van der Waals surface area contributed by atoms with Crippen LogP contribution in [0.3, 0.4) is 0 Å². The molecule has 3 rings (SSSR count). The maximum atomic E-state index is 13.7. The molecule has 2 unspecified atom stereocenters. The number of ether oxygens (including phenoxy) is 2. The van der Waals surface area contributed by atoms with Crippen LogP contribution in [0, 0.1) is 27.6 Å². The normalized spacial score (nSPS) is 12.8. The Morgan fingerprint density at radius 3 is 2.09 bits per heavy atom. The van der Waals surface area contributed by atoms with E-state index in [0.717, 1.165) is 12.1 Å². The van der Waals surface area contributed by atoms with E-state index in [2.05, 4.69) is 5.32 Å². The summed E-state index contributed by atoms with van der Waals surface area (Å²) in [4.78, 5) is 11.0. The van der Waals surface area contributed by atoms with Gasteiger partial charge in [0.05, 0.1) is 25.2 Å². The highest BCUT2D eigenvalue weighted by Crippen LogP contribution is 2.41. The van der Waals surface area contributed by atoms with Gasteiger partial charge < -0.3 is 9.47 Å². The monoisotopic (exact) mass is 446 g/mol. The zero-order valence-corrected chi connectivity index (χ0v) is 17.6. The van der Waals surface area contributed by atoms with Crippen molar-refractivity contribution in [3.05, 3.63) is 98.9 Å². The quantitative estimate of drug-likeness (QED) is 0.367. The van der Waals surface area contributed by atoms with Crippen molar-refractivity contribution >= 4 is 5.69 Å². The maximum absolute atomic E-state index is 13.7. The van der Waals surface area contributed by atoms with E-state index in [4.69, 9.17) is 9.47 Å². The topological polar surface area (TPSA) is 73.6 Å². The number of halogens is 3. The number of rotatable bonds is 8. The Morgan fingerprint density at radius 2 is 1.53 bits per heavy atom. The van der Waals surface area contributed by atoms with Crippen LogP contribution in [-0.2, 0) is 0 Å². The number of hydrogen-bond donors (Lipinski definition) is 1. The maximum Gasteiger partial charge on any atom is 0.315 e. The number of hydrogen-bond acceptors (Lipinski definition) is 5. The van der Waals surface area contributed by atoms with Gasteiger partial charge in [-0.05, 0) is 53.9 Å². The molecule has 0 fully saturated rings. The number of nitrogens with zero attached hydrogens (tertiary/aromatic N) is 1. The first kappa shape index (κ1) is 23.1. The molecule has 0 aliphatic rings. The van der Waals surface area contributed by atoms with E-state index < -0.39 is 34.5 Å². The van der Waals surface area contributed by atoms with Gasteiger partial charge in [0.2, 0.25) is 5.75 Å². The lowest BCUT2D eigenvalue weighted by molar-refractivity contribution is -0.385. The van der Waals surface area contributed by atoms with Gasteiger partial charge in [-0.25, -0.2) is 13.2 Å². The summed E-state index contributed by atoms with van der Waals surface area (Å²) in [7, 11) is 2.65. The van der Waals surface area contributed by atoms with Crippen LogP contribution < -0.4 is 14.8 Å². The molecule has 9 heteroatoms. The third-order valence-electron chi connectivity index (χ3n) is 5.08. The van der Waals surface area contributed by atoms with Crippen molar-refractivity contribution in [1.82, 2.24) is 5.32 Å². The fourth-order valence-electron chi connectivity index (χ4n) is 3.44. The first-order chi connectivity index (χ1) is 15.2. The average molecular weight is 446 g/mol. The van der Waals surface area contributed by atoms with Crippen LogP contribution in [0.1, 0.15) is 35.7 Å². The minimum absolute atomic E-state index is 0.0345. The van der Waals surface area contributed by atoms with Crippen molar-refractivity contribution in [2.45, 2.75) is 19.0 Å². The molecule has 3 aromatic rings. The van der Waals surface area contributed by atoms with Crippen LogP contribution in [0.2, 0.25) is 0 Å². The molecule has 168 valence electrons. The molecule has 0 amide bonds. The second kappa shape index (κ2) is 9.69. The number of nitrogens with one attached hydrogen (secondary N) is 1. The lowest BCUT2D eigenvalue weighted by Crippen LogP contribution is -2.26. The Kier molecular flexibility index (Phi) is 6.99. The molecule has 0 heterocycles. The van der Waals surface area contributed by atoms with Gasteiger partial charge in [0.25, 0.3) is 0 Å². The highest BCUT2D eigenvalue weighted by molar-refractivity contribution is 5.59. The molecule has 32 heavy (non-hydrogen) atoms. The summed E-state index contributed by atoms with van der Waals surface area (Å²) in [5.41, 5.74) is 1.19. The van der Waals surface area contributed by atoms with E-state index >= 15 is 0 Å². The molecule has 2 atom stereocenters. The molecule has 1 N–H and O–H groups in total. The summed E-state index contributed by atoms with van der Waals surface area (Å²) in [6.45, 7) is 1.73. The van der Waals surface area contributed by atoms with Gasteiger partial charge in [-0.3, -0.25) is 15.4 Å². The van der Waals surface area contributed by atoms with Gasteiger partial charge in [0.15, 0.2) is 17.4 Å². The molecule has 0 saturated heterocycles. The lowest BCUT2D eigenvalue weighted by Gasteiger charge is -2.25. The molecule has 6 nitrogen and oxygen atoms in total. The molecule has 3 aromatic carbocycles. The van der Waals surface area contributed by atoms with Crippen molar-refractivity contribution in [2.75, 3.05) is 14.2 Å². The Hall–Kier alpha value is -3.59. The summed E-state index contributed by atoms with van der Waals surface area (Å²) in [6, 6.07) is 10.9. The van der Waals surface area contributed by atoms with Gasteiger partial charge in [-0.1, -0.05) is 18.2 Å². The molecule has 0 radical (unpaired) electrons. The van der Waals surface area contributed by atoms with Gasteiger partial charge in [0.1, 0.15) is 5.82 Å². The van der Waals surface area contributed by atoms with Gasteiger partial charge in [-0.2, -0.15) is 0 Å². The van der Waals surface area contributed by atoms with E-state index in [1.807, 2.05) is 0 Å². The van der Waals surface area contributed by atoms with Crippen molar-refractivity contribution in [2.24, 2.45) is 0 Å². The van der Waals surface area contributed by atoms with Gasteiger partial charge >= 0.3 is 5.69 Å². The Bertz CT molecular complexity index is 1120. The van der Waals surface area contributed by atoms with Crippen molar-refractivity contribution in [3.63, 3.8) is 0 Å². The van der Waals surface area contributed by atoms with E-state index in [-0.39, 0.29) is 17.2 Å². The molecular weight excluding hydrogens is 425 g/mol. The predicted octanol–water partition coefficient (Wildman–Crippen LogP) is 5.47. The zero-order valence-electron chi connectivity index (χ0n) is 17.6. The van der Waals surface area contributed by atoms with E-state index in [0.29, 0.717) is 16.7 Å². The molecule has 0 aliphatic heterocycles. The van der Waals surface area contributed by atoms with Crippen LogP contribution >= 0.6 is 0 Å². The molecular formula is C23H21F3N2O4. The third kappa shape index (κ3) is 4.83. The summed E-state index contributed by atoms with van der Waals surface area (Å²) in [5, 5.41) is 14.9. The van der Waals surface area contributed by atoms with Crippen molar-refractivity contribution < 1.29 is 27.6 Å². The van der Waals surface area contributed by atoms with Crippen molar-refractivity contribution in [3.8, 4) is 11.5 Å². The largest absolute Gasteiger partial charge is 0.493 e. The van der Waals surface area contributed by atoms with Crippen LogP contribution in [0.4, 0.5) is 18.9 Å². The Labute approximate surface area is 182 Å². The van der Waals surface area contributed by atoms with Crippen LogP contribution in [0.15, 0.2) is 54.6 Å². The van der Waals surface area contributed by atoms with Crippen LogP contribution in [0.25, 0.3) is 0 Å². The number of benzene rings is 3. The lowest BCUT2D eigenvalue weighted by atomic mass is 9.95. The molecule has 0 aromatic heterocycles. The summed E-state index contributed by atoms with van der Waals surface area (Å²) in [6.07, 6.45) is 0. The second-order valence-electron chi connectivity index (χ2n) is 7.08. The third-order valence-corrected chi connectivity index (χ3v) is 5.08. The molecule has 0 bridgehead atoms. The number of nitro groups is 1. The standard InChI is InChI=1S/C23H21F3N2O4/c1-13(15-6-9-18(25)19(26)10-15)27-22(14-4-7-17(24)8-5-14)16-11-20(28(29)30)23(32-3)21(12-16)31-2/h4-13,22,27H,1-3H3. The second-order valence-corrected chi connectivity index (χ2v) is 7.08. The number of nitro benzene ring substituents is 1. The first-order valence-corrected chi connectivity index (χ1v) is 9.62. The molecule has 0 spiro atoms. The number of methoxy groups -OCH3 is 2. The Morgan fingerprint density at radius 1 is 0.875 bits per heavy atom. The fraction of sp³-hybridized carbons (Fsp3) is 0.217. The highest BCUT2D eigenvalue weighted by Gasteiger charge is 2.26. The van der Waals surface area contributed by atoms with Crippen LogP contribution in [0.5, 0.6) is 11.5 Å². The summed E-state index contributed by atoms with van der Waals surface area (Å²) in [5.74, 6) is -2.29. The zero-order chi connectivity index (χ0) is 23.4. The SMILES string of the molecule is COc1cc(C(NC(C)c2ccc(F)c(F)c2)c2ccc(F)cc2)cc([N+](=O)[O-])c1OC. The van der Waals surface area contributed by atoms with Gasteiger partial charge in [0, 0.05) is 12.1 Å². The highest BCUT2D eigenvalue weighted by atomic mass is 19.2. The van der Waals surface area contributed by atoms with Crippen molar-refractivity contribution in [1.29, 1.82) is 0 Å². The Balaban J connectivity index is 2.11. The van der Waals surface area contributed by atoms with E-state index in [1.165, 1.54) is 50.6 Å². The van der Waals surface area contributed by atoms with Crippen LogP contribution in [-0.4, -0.2) is 19.1 Å². The fourth-order valence-corrected chi connectivity index (χ4v) is 3.44. The molecule has 0 aliphatic carbocycles. The van der Waals surface area contributed by atoms with E-state index in [1.54, 1.807) is 13.0 Å². The summed E-state index contributed by atoms with van der Waals surface area (Å²) < 4.78 is 51.0. The average Bonchev–Trinajstić information content (AvgIpc) is 2.78. The minimum atomic E-state index is -0.990.